The lowest BCUT2D eigenvalue weighted by Crippen LogP contribution is -2.33. The Balaban J connectivity index is 2.51. The van der Waals surface area contributed by atoms with Crippen LogP contribution in [0.3, 0.4) is 0 Å². The van der Waals surface area contributed by atoms with Crippen LogP contribution in [0.1, 0.15) is 25.3 Å². The van der Waals surface area contributed by atoms with Crippen molar-refractivity contribution in [3.8, 4) is 6.07 Å². The van der Waals surface area contributed by atoms with Crippen molar-refractivity contribution in [3.05, 3.63) is 35.9 Å². The molecule has 2 N–H and O–H groups in total. The van der Waals surface area contributed by atoms with Crippen LogP contribution in [-0.4, -0.2) is 12.6 Å². The van der Waals surface area contributed by atoms with Crippen LogP contribution < -0.4 is 5.73 Å². The summed E-state index contributed by atoms with van der Waals surface area (Å²) in [6, 6.07) is 11.4. The van der Waals surface area contributed by atoms with Gasteiger partial charge in [0.05, 0.1) is 0 Å². The summed E-state index contributed by atoms with van der Waals surface area (Å²) in [5.74, 6) is -0.390. The molecule has 1 atom stereocenters. The van der Waals surface area contributed by atoms with Crippen molar-refractivity contribution in [2.75, 3.05) is 6.61 Å². The zero-order chi connectivity index (χ0) is 12.7. The molecule has 0 aliphatic heterocycles. The lowest BCUT2D eigenvalue weighted by molar-refractivity contribution is -0.142. The Morgan fingerprint density at radius 2 is 2.12 bits per heavy atom. The Labute approximate surface area is 101 Å². The van der Waals surface area contributed by atoms with E-state index in [9.17, 15) is 4.79 Å². The highest BCUT2D eigenvalue weighted by atomic mass is 16.5. The van der Waals surface area contributed by atoms with Crippen molar-refractivity contribution < 1.29 is 9.53 Å². The second kappa shape index (κ2) is 6.02. The van der Waals surface area contributed by atoms with Crippen molar-refractivity contribution >= 4 is 5.97 Å². The SMILES string of the molecule is CC(N)(CCC(=O)OCC#N)c1ccccc1. The first kappa shape index (κ1) is 13.2. The molecule has 0 saturated carbocycles. The largest absolute Gasteiger partial charge is 0.450 e. The van der Waals surface area contributed by atoms with E-state index in [2.05, 4.69) is 4.74 Å². The van der Waals surface area contributed by atoms with E-state index in [1.807, 2.05) is 37.3 Å². The Hall–Kier alpha value is -1.86. The van der Waals surface area contributed by atoms with Gasteiger partial charge in [0, 0.05) is 12.0 Å². The van der Waals surface area contributed by atoms with E-state index in [0.29, 0.717) is 6.42 Å². The zero-order valence-corrected chi connectivity index (χ0v) is 9.85. The highest BCUT2D eigenvalue weighted by Gasteiger charge is 2.22. The van der Waals surface area contributed by atoms with Gasteiger partial charge in [-0.2, -0.15) is 5.26 Å². The predicted molar refractivity (Wildman–Crippen MR) is 63.8 cm³/mol. The van der Waals surface area contributed by atoms with Gasteiger partial charge in [0.2, 0.25) is 0 Å². The number of ether oxygens (including phenoxy) is 1. The molecule has 17 heavy (non-hydrogen) atoms. The number of esters is 1. The predicted octanol–water partition coefficient (Wildman–Crippen LogP) is 1.71. The van der Waals surface area contributed by atoms with Crippen molar-refractivity contribution in [1.29, 1.82) is 5.26 Å². The van der Waals surface area contributed by atoms with E-state index in [0.717, 1.165) is 5.56 Å². The highest BCUT2D eigenvalue weighted by Crippen LogP contribution is 2.22. The monoisotopic (exact) mass is 232 g/mol. The molecular formula is C13H16N2O2. The molecule has 0 aromatic heterocycles. The van der Waals surface area contributed by atoms with E-state index in [1.54, 1.807) is 6.07 Å². The van der Waals surface area contributed by atoms with Crippen LogP contribution in [-0.2, 0) is 15.1 Å². The summed E-state index contributed by atoms with van der Waals surface area (Å²) in [4.78, 5) is 11.3. The number of nitriles is 1. The van der Waals surface area contributed by atoms with Gasteiger partial charge in [0.1, 0.15) is 6.07 Å². The quantitative estimate of drug-likeness (QED) is 0.784. The molecule has 4 nitrogen and oxygen atoms in total. The summed E-state index contributed by atoms with van der Waals surface area (Å²) in [5, 5.41) is 8.27. The minimum absolute atomic E-state index is 0.203. The molecule has 0 heterocycles. The maximum absolute atomic E-state index is 11.3. The summed E-state index contributed by atoms with van der Waals surface area (Å²) in [7, 11) is 0. The minimum atomic E-state index is -0.563. The van der Waals surface area contributed by atoms with Gasteiger partial charge in [-0.25, -0.2) is 0 Å². The average molecular weight is 232 g/mol. The van der Waals surface area contributed by atoms with Gasteiger partial charge in [-0.3, -0.25) is 4.79 Å². The molecule has 0 spiro atoms. The first-order chi connectivity index (χ1) is 8.06. The van der Waals surface area contributed by atoms with E-state index in [1.165, 1.54) is 0 Å². The maximum Gasteiger partial charge on any atom is 0.306 e. The molecule has 4 heteroatoms. The summed E-state index contributed by atoms with van der Waals surface area (Å²) in [6.45, 7) is 1.67. The third-order valence-electron chi connectivity index (χ3n) is 2.58. The number of nitrogens with zero attached hydrogens (tertiary/aromatic N) is 1. The van der Waals surface area contributed by atoms with E-state index < -0.39 is 5.54 Å². The molecule has 0 aliphatic carbocycles. The minimum Gasteiger partial charge on any atom is -0.450 e. The van der Waals surface area contributed by atoms with Gasteiger partial charge >= 0.3 is 5.97 Å². The van der Waals surface area contributed by atoms with Gasteiger partial charge in [-0.05, 0) is 18.9 Å². The van der Waals surface area contributed by atoms with Crippen molar-refractivity contribution in [2.45, 2.75) is 25.3 Å². The Kier molecular flexibility index (Phi) is 4.68. The second-order valence-corrected chi connectivity index (χ2v) is 4.10. The fraction of sp³-hybridized carbons (Fsp3) is 0.385. The van der Waals surface area contributed by atoms with Crippen LogP contribution in [0, 0.1) is 11.3 Å². The fourth-order valence-electron chi connectivity index (χ4n) is 1.51. The molecule has 0 radical (unpaired) electrons. The van der Waals surface area contributed by atoms with Crippen LogP contribution in [0.25, 0.3) is 0 Å². The second-order valence-electron chi connectivity index (χ2n) is 4.10. The first-order valence-corrected chi connectivity index (χ1v) is 5.43. The lowest BCUT2D eigenvalue weighted by atomic mass is 9.88. The van der Waals surface area contributed by atoms with Crippen LogP contribution in [0.2, 0.25) is 0 Å². The topological polar surface area (TPSA) is 76.1 Å². The highest BCUT2D eigenvalue weighted by molar-refractivity contribution is 5.69. The van der Waals surface area contributed by atoms with Crippen LogP contribution >= 0.6 is 0 Å². The van der Waals surface area contributed by atoms with Crippen molar-refractivity contribution in [1.82, 2.24) is 0 Å². The molecule has 1 aromatic rings. The van der Waals surface area contributed by atoms with E-state index in [-0.39, 0.29) is 19.0 Å². The Morgan fingerprint density at radius 1 is 1.47 bits per heavy atom. The van der Waals surface area contributed by atoms with Gasteiger partial charge < -0.3 is 10.5 Å². The van der Waals surface area contributed by atoms with E-state index in [4.69, 9.17) is 11.0 Å². The molecule has 1 unspecified atom stereocenters. The number of rotatable bonds is 5. The lowest BCUT2D eigenvalue weighted by Gasteiger charge is -2.24. The summed E-state index contributed by atoms with van der Waals surface area (Å²) in [6.07, 6.45) is 0.699. The maximum atomic E-state index is 11.3. The molecule has 1 rings (SSSR count). The Bertz CT molecular complexity index is 407. The summed E-state index contributed by atoms with van der Waals surface area (Å²) < 4.78 is 4.67. The van der Waals surface area contributed by atoms with E-state index >= 15 is 0 Å². The fourth-order valence-corrected chi connectivity index (χ4v) is 1.51. The van der Waals surface area contributed by atoms with Crippen LogP contribution in [0.5, 0.6) is 0 Å². The van der Waals surface area contributed by atoms with Gasteiger partial charge in [-0.1, -0.05) is 30.3 Å². The standard InChI is InChI=1S/C13H16N2O2/c1-13(15,11-5-3-2-4-6-11)8-7-12(16)17-10-9-14/h2-6H,7-8,10,15H2,1H3. The molecule has 0 aliphatic rings. The number of hydrogen-bond donors (Lipinski definition) is 1. The normalized spacial score (nSPS) is 13.5. The number of nitrogens with two attached hydrogens (primary N) is 1. The van der Waals surface area contributed by atoms with Crippen molar-refractivity contribution in [2.24, 2.45) is 5.73 Å². The molecule has 0 bridgehead atoms. The summed E-state index contributed by atoms with van der Waals surface area (Å²) >= 11 is 0. The number of hydrogen-bond acceptors (Lipinski definition) is 4. The molecule has 1 aromatic carbocycles. The molecule has 0 saturated heterocycles. The third-order valence-corrected chi connectivity index (χ3v) is 2.58. The molecule has 0 amide bonds. The third kappa shape index (κ3) is 4.25. The molecular weight excluding hydrogens is 216 g/mol. The van der Waals surface area contributed by atoms with Gasteiger partial charge in [0.15, 0.2) is 6.61 Å². The number of carbonyl (C=O) groups is 1. The molecule has 90 valence electrons. The smallest absolute Gasteiger partial charge is 0.306 e. The van der Waals surface area contributed by atoms with Gasteiger partial charge in [0.25, 0.3) is 0 Å². The van der Waals surface area contributed by atoms with Crippen LogP contribution in [0.4, 0.5) is 0 Å². The molecule has 0 fully saturated rings. The van der Waals surface area contributed by atoms with Crippen LogP contribution in [0.15, 0.2) is 30.3 Å². The number of carbonyl (C=O) groups excluding carboxylic acids is 1. The average Bonchev–Trinajstić information content (AvgIpc) is 2.35. The van der Waals surface area contributed by atoms with Crippen molar-refractivity contribution in [3.63, 3.8) is 0 Å². The number of benzene rings is 1. The first-order valence-electron chi connectivity index (χ1n) is 5.43. The Morgan fingerprint density at radius 3 is 2.71 bits per heavy atom. The van der Waals surface area contributed by atoms with Gasteiger partial charge in [-0.15, -0.1) is 0 Å². The summed E-state index contributed by atoms with van der Waals surface area (Å²) in [5.41, 5.74) is 6.56. The zero-order valence-electron chi connectivity index (χ0n) is 9.85.